The zero-order valence-electron chi connectivity index (χ0n) is 14.4. The molecule has 2 amide bonds. The van der Waals surface area contributed by atoms with Crippen LogP contribution in [0.3, 0.4) is 0 Å². The number of nitro benzene ring substituents is 1. The Bertz CT molecular complexity index is 866. The van der Waals surface area contributed by atoms with E-state index >= 15 is 0 Å². The topological polar surface area (TPSA) is 120 Å². The first-order valence-electron chi connectivity index (χ1n) is 7.45. The molecule has 0 fully saturated rings. The van der Waals surface area contributed by atoms with Gasteiger partial charge in [0.05, 0.1) is 24.8 Å². The minimum atomic E-state index is -0.596. The molecule has 9 nitrogen and oxygen atoms in total. The number of methoxy groups -OCH3 is 2. The molecule has 2 N–H and O–H groups in total. The number of carbonyl (C=O) groups excluding carboxylic acids is 2. The van der Waals surface area contributed by atoms with E-state index in [0.717, 1.165) is 0 Å². The number of nitro groups is 1. The normalized spacial score (nSPS) is 9.96. The van der Waals surface area contributed by atoms with Crippen molar-refractivity contribution < 1.29 is 24.0 Å². The lowest BCUT2D eigenvalue weighted by Crippen LogP contribution is -2.18. The number of nitrogens with zero attached hydrogens (tertiary/aromatic N) is 1. The van der Waals surface area contributed by atoms with Crippen LogP contribution in [0.2, 0.25) is 0 Å². The molecule has 0 unspecified atom stereocenters. The molecule has 136 valence electrons. The van der Waals surface area contributed by atoms with Crippen LogP contribution in [-0.4, -0.2) is 38.0 Å². The molecule has 2 aromatic carbocycles. The van der Waals surface area contributed by atoms with Gasteiger partial charge in [0.2, 0.25) is 0 Å². The van der Waals surface area contributed by atoms with Crippen molar-refractivity contribution in [2.24, 2.45) is 0 Å². The van der Waals surface area contributed by atoms with Crippen molar-refractivity contribution in [3.63, 3.8) is 0 Å². The summed E-state index contributed by atoms with van der Waals surface area (Å²) >= 11 is 0. The molecule has 0 aliphatic rings. The lowest BCUT2D eigenvalue weighted by atomic mass is 10.1. The molecule has 0 aromatic heterocycles. The van der Waals surface area contributed by atoms with Gasteiger partial charge >= 0.3 is 5.69 Å². The third kappa shape index (κ3) is 3.89. The molecule has 0 atom stereocenters. The molecule has 0 heterocycles. The Morgan fingerprint density at radius 1 is 0.962 bits per heavy atom. The molecule has 0 spiro atoms. The van der Waals surface area contributed by atoms with E-state index in [-0.39, 0.29) is 22.9 Å². The fourth-order valence-corrected chi connectivity index (χ4v) is 2.24. The number of anilines is 1. The average molecular weight is 359 g/mol. The summed E-state index contributed by atoms with van der Waals surface area (Å²) in [4.78, 5) is 34.4. The molecule has 0 radical (unpaired) electrons. The van der Waals surface area contributed by atoms with Crippen LogP contribution in [0, 0.1) is 10.1 Å². The van der Waals surface area contributed by atoms with E-state index in [1.54, 1.807) is 0 Å². The molecule has 0 saturated heterocycles. The second kappa shape index (κ2) is 7.97. The summed E-state index contributed by atoms with van der Waals surface area (Å²) in [6.07, 6.45) is 0. The number of hydrogen-bond donors (Lipinski definition) is 2. The number of ether oxygens (including phenoxy) is 2. The van der Waals surface area contributed by atoms with Crippen LogP contribution >= 0.6 is 0 Å². The van der Waals surface area contributed by atoms with Crippen molar-refractivity contribution in [1.82, 2.24) is 5.32 Å². The number of amides is 2. The molecule has 0 saturated carbocycles. The van der Waals surface area contributed by atoms with Gasteiger partial charge in [-0.1, -0.05) is 0 Å². The highest BCUT2D eigenvalue weighted by Gasteiger charge is 2.18. The van der Waals surface area contributed by atoms with E-state index in [2.05, 4.69) is 10.6 Å². The van der Waals surface area contributed by atoms with Crippen LogP contribution in [0.25, 0.3) is 0 Å². The lowest BCUT2D eigenvalue weighted by molar-refractivity contribution is -0.385. The molecular weight excluding hydrogens is 342 g/mol. The number of nitrogens with one attached hydrogen (secondary N) is 2. The Morgan fingerprint density at radius 3 is 2.12 bits per heavy atom. The van der Waals surface area contributed by atoms with Crippen LogP contribution in [-0.2, 0) is 0 Å². The Hall–Kier alpha value is -3.62. The van der Waals surface area contributed by atoms with Crippen molar-refractivity contribution in [2.75, 3.05) is 26.6 Å². The molecule has 2 rings (SSSR count). The highest BCUT2D eigenvalue weighted by molar-refractivity contribution is 6.06. The molecule has 0 aliphatic heterocycles. The van der Waals surface area contributed by atoms with E-state index in [1.165, 1.54) is 57.7 Å². The summed E-state index contributed by atoms with van der Waals surface area (Å²) in [5.74, 6) is -0.525. The SMILES string of the molecule is CNC(=O)c1ccc(NC(=O)c2ccc([N+](=O)[O-])c(OC)c2)c(OC)c1. The number of hydrogen-bond acceptors (Lipinski definition) is 6. The van der Waals surface area contributed by atoms with Crippen molar-refractivity contribution in [2.45, 2.75) is 0 Å². The Labute approximate surface area is 149 Å². The summed E-state index contributed by atoms with van der Waals surface area (Å²) in [6, 6.07) is 8.35. The van der Waals surface area contributed by atoms with Gasteiger partial charge in [0.1, 0.15) is 5.75 Å². The van der Waals surface area contributed by atoms with Crippen LogP contribution in [0.15, 0.2) is 36.4 Å². The van der Waals surface area contributed by atoms with E-state index < -0.39 is 10.8 Å². The zero-order valence-corrected chi connectivity index (χ0v) is 14.4. The largest absolute Gasteiger partial charge is 0.495 e. The number of benzene rings is 2. The van der Waals surface area contributed by atoms with Crippen molar-refractivity contribution in [3.05, 3.63) is 57.6 Å². The van der Waals surface area contributed by atoms with Crippen LogP contribution in [0.5, 0.6) is 11.5 Å². The van der Waals surface area contributed by atoms with Gasteiger partial charge in [0.25, 0.3) is 11.8 Å². The Morgan fingerprint density at radius 2 is 1.54 bits per heavy atom. The first kappa shape index (κ1) is 18.7. The maximum Gasteiger partial charge on any atom is 0.310 e. The van der Waals surface area contributed by atoms with Gasteiger partial charge in [-0.05, 0) is 24.3 Å². The molecule has 26 heavy (non-hydrogen) atoms. The van der Waals surface area contributed by atoms with Crippen LogP contribution in [0.1, 0.15) is 20.7 Å². The fraction of sp³-hybridized carbons (Fsp3) is 0.176. The third-order valence-electron chi connectivity index (χ3n) is 3.58. The smallest absolute Gasteiger partial charge is 0.310 e. The predicted molar refractivity (Wildman–Crippen MR) is 94.0 cm³/mol. The first-order valence-corrected chi connectivity index (χ1v) is 7.45. The van der Waals surface area contributed by atoms with Crippen molar-refractivity contribution in [1.29, 1.82) is 0 Å². The summed E-state index contributed by atoms with van der Waals surface area (Å²) in [5, 5.41) is 16.1. The third-order valence-corrected chi connectivity index (χ3v) is 3.58. The van der Waals surface area contributed by atoms with Gasteiger partial charge in [-0.2, -0.15) is 0 Å². The maximum atomic E-state index is 12.4. The summed E-state index contributed by atoms with van der Waals surface area (Å²) in [7, 11) is 4.20. The fourth-order valence-electron chi connectivity index (χ4n) is 2.24. The molecular formula is C17H17N3O6. The zero-order chi connectivity index (χ0) is 19.3. The van der Waals surface area contributed by atoms with Gasteiger partial charge in [-0.15, -0.1) is 0 Å². The second-order valence-corrected chi connectivity index (χ2v) is 5.09. The van der Waals surface area contributed by atoms with E-state index in [4.69, 9.17) is 9.47 Å². The van der Waals surface area contributed by atoms with Gasteiger partial charge in [-0.25, -0.2) is 0 Å². The lowest BCUT2D eigenvalue weighted by Gasteiger charge is -2.12. The van der Waals surface area contributed by atoms with Crippen molar-refractivity contribution >= 4 is 23.2 Å². The average Bonchev–Trinajstić information content (AvgIpc) is 2.66. The predicted octanol–water partition coefficient (Wildman–Crippen LogP) is 2.22. The van der Waals surface area contributed by atoms with Crippen LogP contribution in [0.4, 0.5) is 11.4 Å². The van der Waals surface area contributed by atoms with E-state index in [1.807, 2.05) is 0 Å². The summed E-state index contributed by atoms with van der Waals surface area (Å²) in [6.45, 7) is 0. The highest BCUT2D eigenvalue weighted by atomic mass is 16.6. The standard InChI is InChI=1S/C17H17N3O6/c1-18-16(21)10-4-6-12(14(8-10)25-2)19-17(22)11-5-7-13(20(23)24)15(9-11)26-3/h4-9H,1-3H3,(H,18,21)(H,19,22). The highest BCUT2D eigenvalue weighted by Crippen LogP contribution is 2.29. The van der Waals surface area contributed by atoms with Gasteiger partial charge in [0.15, 0.2) is 5.75 Å². The molecule has 0 bridgehead atoms. The molecule has 9 heteroatoms. The first-order chi connectivity index (χ1) is 12.4. The van der Waals surface area contributed by atoms with Crippen LogP contribution < -0.4 is 20.1 Å². The molecule has 2 aromatic rings. The quantitative estimate of drug-likeness (QED) is 0.603. The molecule has 0 aliphatic carbocycles. The monoisotopic (exact) mass is 359 g/mol. The minimum Gasteiger partial charge on any atom is -0.495 e. The maximum absolute atomic E-state index is 12.4. The van der Waals surface area contributed by atoms with Gasteiger partial charge in [-0.3, -0.25) is 19.7 Å². The Kier molecular flexibility index (Phi) is 5.74. The van der Waals surface area contributed by atoms with Gasteiger partial charge in [0, 0.05) is 30.3 Å². The Balaban J connectivity index is 2.30. The second-order valence-electron chi connectivity index (χ2n) is 5.09. The van der Waals surface area contributed by atoms with E-state index in [9.17, 15) is 19.7 Å². The summed E-state index contributed by atoms with van der Waals surface area (Å²) < 4.78 is 10.2. The van der Waals surface area contributed by atoms with Crippen molar-refractivity contribution in [3.8, 4) is 11.5 Å². The number of carbonyl (C=O) groups is 2. The van der Waals surface area contributed by atoms with E-state index in [0.29, 0.717) is 17.0 Å². The minimum absolute atomic E-state index is 0.0235. The number of rotatable bonds is 6. The summed E-state index contributed by atoms with van der Waals surface area (Å²) in [5.41, 5.74) is 0.656. The van der Waals surface area contributed by atoms with Gasteiger partial charge < -0.3 is 20.1 Å².